The molecule has 0 heterocycles. The van der Waals surface area contributed by atoms with Crippen molar-refractivity contribution in [2.75, 3.05) is 24.2 Å². The lowest BCUT2D eigenvalue weighted by Gasteiger charge is -2.11. The van der Waals surface area contributed by atoms with Crippen LogP contribution >= 0.6 is 7.92 Å². The van der Waals surface area contributed by atoms with E-state index in [1.807, 2.05) is 0 Å². The Morgan fingerprint density at radius 3 is 2.08 bits per heavy atom. The van der Waals surface area contributed by atoms with Crippen molar-refractivity contribution in [1.29, 1.82) is 0 Å². The Balaban J connectivity index is 3.45. The molecule has 0 fully saturated rings. The minimum absolute atomic E-state index is 0.0798. The van der Waals surface area contributed by atoms with Gasteiger partial charge in [-0.3, -0.25) is 4.55 Å². The van der Waals surface area contributed by atoms with Gasteiger partial charge < -0.3 is 0 Å². The van der Waals surface area contributed by atoms with Gasteiger partial charge in [0.05, 0.1) is 5.75 Å². The Kier molecular flexibility index (Phi) is 6.92. The fourth-order valence-corrected chi connectivity index (χ4v) is 3.48. The van der Waals surface area contributed by atoms with Crippen LogP contribution in [0.3, 0.4) is 0 Å². The second-order valence-corrected chi connectivity index (χ2v) is 7.65. The van der Waals surface area contributed by atoms with Gasteiger partial charge in [0.2, 0.25) is 0 Å². The second kappa shape index (κ2) is 6.74. The molecule has 5 heteroatoms. The fraction of sp³-hybridized carbons (Fsp3) is 1.00. The Morgan fingerprint density at radius 1 is 1.15 bits per heavy atom. The van der Waals surface area contributed by atoms with Gasteiger partial charge in [-0.2, -0.15) is 8.42 Å². The summed E-state index contributed by atoms with van der Waals surface area (Å²) in [4.78, 5) is 0. The monoisotopic (exact) mass is 226 g/mol. The maximum Gasteiger partial charge on any atom is 0.264 e. The largest absolute Gasteiger partial charge is 0.286 e. The molecule has 0 aliphatic carbocycles. The van der Waals surface area contributed by atoms with Crippen LogP contribution in [0.4, 0.5) is 0 Å². The average molecular weight is 226 g/mol. The van der Waals surface area contributed by atoms with Crippen LogP contribution < -0.4 is 0 Å². The van der Waals surface area contributed by atoms with Gasteiger partial charge in [-0.15, -0.1) is 7.92 Å². The second-order valence-electron chi connectivity index (χ2n) is 3.02. The zero-order valence-electron chi connectivity index (χ0n) is 8.36. The smallest absolute Gasteiger partial charge is 0.264 e. The van der Waals surface area contributed by atoms with Crippen molar-refractivity contribution in [2.24, 2.45) is 0 Å². The molecule has 0 saturated heterocycles. The normalized spacial score (nSPS) is 12.3. The molecule has 0 amide bonds. The van der Waals surface area contributed by atoms with Gasteiger partial charge in [0.1, 0.15) is 0 Å². The molecule has 0 saturated carbocycles. The number of unbranched alkanes of at least 4 members (excludes halogenated alkanes) is 1. The number of rotatable bonds is 7. The van der Waals surface area contributed by atoms with E-state index in [1.54, 1.807) is 0 Å². The van der Waals surface area contributed by atoms with Crippen LogP contribution in [0.15, 0.2) is 0 Å². The third kappa shape index (κ3) is 8.66. The molecule has 13 heavy (non-hydrogen) atoms. The first-order valence-electron chi connectivity index (χ1n) is 4.67. The summed E-state index contributed by atoms with van der Waals surface area (Å²) < 4.78 is 29.2. The topological polar surface area (TPSA) is 54.4 Å². The molecule has 0 aliphatic rings. The van der Waals surface area contributed by atoms with Crippen molar-refractivity contribution >= 4 is 18.0 Å². The van der Waals surface area contributed by atoms with Crippen LogP contribution in [0.1, 0.15) is 26.7 Å². The average Bonchev–Trinajstić information content (AvgIpc) is 2.03. The molecule has 0 unspecified atom stereocenters. The Morgan fingerprint density at radius 2 is 1.69 bits per heavy atom. The number of hydrogen-bond acceptors (Lipinski definition) is 2. The van der Waals surface area contributed by atoms with Crippen LogP contribution in [-0.2, 0) is 10.1 Å². The molecule has 0 spiro atoms. The van der Waals surface area contributed by atoms with Crippen molar-refractivity contribution in [3.63, 3.8) is 0 Å². The van der Waals surface area contributed by atoms with E-state index in [1.165, 1.54) is 12.3 Å². The van der Waals surface area contributed by atoms with E-state index < -0.39 is 10.1 Å². The van der Waals surface area contributed by atoms with Crippen LogP contribution in [0.2, 0.25) is 0 Å². The first kappa shape index (κ1) is 13.3. The lowest BCUT2D eigenvalue weighted by Crippen LogP contribution is -2.04. The van der Waals surface area contributed by atoms with E-state index >= 15 is 0 Å². The van der Waals surface area contributed by atoms with Crippen LogP contribution in [0, 0.1) is 0 Å². The zero-order chi connectivity index (χ0) is 10.3. The van der Waals surface area contributed by atoms with E-state index in [-0.39, 0.29) is 13.7 Å². The fourth-order valence-electron chi connectivity index (χ4n) is 1.16. The summed E-state index contributed by atoms with van der Waals surface area (Å²) in [6.45, 7) is 4.36. The molecular formula is C8H19O3PS. The Hall–Kier alpha value is 0.340. The summed E-state index contributed by atoms with van der Waals surface area (Å²) >= 11 is 0. The highest BCUT2D eigenvalue weighted by molar-refractivity contribution is 7.85. The van der Waals surface area contributed by atoms with Gasteiger partial charge >= 0.3 is 0 Å². The van der Waals surface area contributed by atoms with Crippen LogP contribution in [0.5, 0.6) is 0 Å². The van der Waals surface area contributed by atoms with Gasteiger partial charge in [-0.05, 0) is 31.3 Å². The van der Waals surface area contributed by atoms with Crippen LogP contribution in [0.25, 0.3) is 0 Å². The summed E-state index contributed by atoms with van der Waals surface area (Å²) in [6.07, 6.45) is 5.10. The standard InChI is InChI=1S/C8H19O3PS/c1-3-12(4-2)7-5-6-8-13(9,10)11/h3-8H2,1-2H3,(H,9,10,11). The molecule has 0 radical (unpaired) electrons. The van der Waals surface area contributed by atoms with Crippen molar-refractivity contribution in [2.45, 2.75) is 26.7 Å². The van der Waals surface area contributed by atoms with E-state index in [0.29, 0.717) is 6.42 Å². The summed E-state index contributed by atoms with van der Waals surface area (Å²) in [5.74, 6) is -0.0798. The third-order valence-corrected chi connectivity index (χ3v) is 5.56. The first-order valence-corrected chi connectivity index (χ1v) is 8.17. The summed E-state index contributed by atoms with van der Waals surface area (Å²) in [5, 5.41) is 0. The third-order valence-electron chi connectivity index (χ3n) is 2.02. The SMILES string of the molecule is CCP(CC)CCCCS(=O)(=O)O. The highest BCUT2D eigenvalue weighted by Gasteiger charge is 2.05. The van der Waals surface area contributed by atoms with E-state index in [2.05, 4.69) is 13.8 Å². The first-order chi connectivity index (χ1) is 5.99. The highest BCUT2D eigenvalue weighted by Crippen LogP contribution is 2.34. The van der Waals surface area contributed by atoms with Gasteiger partial charge in [-0.25, -0.2) is 0 Å². The van der Waals surface area contributed by atoms with E-state index in [4.69, 9.17) is 4.55 Å². The molecule has 0 aromatic heterocycles. The molecule has 3 nitrogen and oxygen atoms in total. The van der Waals surface area contributed by atoms with Gasteiger partial charge in [0.15, 0.2) is 0 Å². The summed E-state index contributed by atoms with van der Waals surface area (Å²) in [5.41, 5.74) is 0. The molecule has 80 valence electrons. The van der Waals surface area contributed by atoms with E-state index in [0.717, 1.165) is 12.6 Å². The van der Waals surface area contributed by atoms with E-state index in [9.17, 15) is 8.42 Å². The van der Waals surface area contributed by atoms with Crippen molar-refractivity contribution < 1.29 is 13.0 Å². The molecule has 0 aromatic rings. The predicted molar refractivity (Wildman–Crippen MR) is 58.5 cm³/mol. The van der Waals surface area contributed by atoms with Gasteiger partial charge in [0.25, 0.3) is 10.1 Å². The van der Waals surface area contributed by atoms with Crippen molar-refractivity contribution in [3.8, 4) is 0 Å². The van der Waals surface area contributed by atoms with Crippen molar-refractivity contribution in [1.82, 2.24) is 0 Å². The minimum Gasteiger partial charge on any atom is -0.286 e. The zero-order valence-corrected chi connectivity index (χ0v) is 10.1. The minimum atomic E-state index is -3.73. The maximum absolute atomic E-state index is 10.4. The molecular weight excluding hydrogens is 207 g/mol. The predicted octanol–water partition coefficient (Wildman–Crippen LogP) is 2.18. The molecule has 0 atom stereocenters. The lowest BCUT2D eigenvalue weighted by atomic mass is 10.4. The summed E-state index contributed by atoms with van der Waals surface area (Å²) in [6, 6.07) is 0. The quantitative estimate of drug-likeness (QED) is 0.411. The molecule has 0 aromatic carbocycles. The van der Waals surface area contributed by atoms with Gasteiger partial charge in [0, 0.05) is 0 Å². The molecule has 0 aliphatic heterocycles. The maximum atomic E-state index is 10.4. The van der Waals surface area contributed by atoms with Crippen LogP contribution in [-0.4, -0.2) is 37.2 Å². The summed E-state index contributed by atoms with van der Waals surface area (Å²) in [7, 11) is -3.61. The lowest BCUT2D eigenvalue weighted by molar-refractivity contribution is 0.481. The molecule has 0 rings (SSSR count). The Bertz CT molecular complexity index is 209. The highest BCUT2D eigenvalue weighted by atomic mass is 32.2. The molecule has 1 N–H and O–H groups in total. The Labute approximate surface area is 82.4 Å². The van der Waals surface area contributed by atoms with Crippen molar-refractivity contribution in [3.05, 3.63) is 0 Å². The number of hydrogen-bond donors (Lipinski definition) is 1. The van der Waals surface area contributed by atoms with Gasteiger partial charge in [-0.1, -0.05) is 13.8 Å². The molecule has 0 bridgehead atoms.